The van der Waals surface area contributed by atoms with Gasteiger partial charge in [-0.3, -0.25) is 19.2 Å². The molecule has 1 aromatic carbocycles. The van der Waals surface area contributed by atoms with Crippen molar-refractivity contribution in [1.82, 2.24) is 15.5 Å². The fraction of sp³-hybridized carbons (Fsp3) is 0.524. The summed E-state index contributed by atoms with van der Waals surface area (Å²) in [5.41, 5.74) is 1.49. The van der Waals surface area contributed by atoms with Crippen LogP contribution in [0.4, 0.5) is 0 Å². The predicted molar refractivity (Wildman–Crippen MR) is 113 cm³/mol. The Balaban J connectivity index is 1.84. The summed E-state index contributed by atoms with van der Waals surface area (Å²) >= 11 is 1.55. The van der Waals surface area contributed by atoms with Crippen molar-refractivity contribution < 1.29 is 24.3 Å². The van der Waals surface area contributed by atoms with Crippen LogP contribution in [0.5, 0.6) is 0 Å². The van der Waals surface area contributed by atoms with Crippen LogP contribution in [0, 0.1) is 5.92 Å². The Morgan fingerprint density at radius 3 is 2.37 bits per heavy atom. The number of fused-ring (bicyclic) bond motifs is 3. The average molecular weight is 434 g/mol. The SMILES string of the molecule is CC(C)[C@H](NC(=O)[C@H]1N2C(=O)c3ccccc3[C@H]2SC1(C)C)C(=O)N[C@H](C)C(=O)O. The Morgan fingerprint density at radius 2 is 1.77 bits per heavy atom. The third-order valence-corrected chi connectivity index (χ3v) is 7.06. The van der Waals surface area contributed by atoms with Gasteiger partial charge in [0.15, 0.2) is 0 Å². The van der Waals surface area contributed by atoms with E-state index in [1.165, 1.54) is 6.92 Å². The molecule has 0 bridgehead atoms. The lowest BCUT2D eigenvalue weighted by Gasteiger charge is -2.32. The Kier molecular flexibility index (Phi) is 5.86. The van der Waals surface area contributed by atoms with Gasteiger partial charge in [-0.05, 0) is 38.3 Å². The third-order valence-electron chi connectivity index (χ3n) is 5.52. The number of aliphatic carboxylic acids is 1. The highest BCUT2D eigenvalue weighted by Gasteiger charge is 2.57. The van der Waals surface area contributed by atoms with E-state index in [9.17, 15) is 19.2 Å². The number of nitrogens with zero attached hydrogens (tertiary/aromatic N) is 1. The number of benzene rings is 1. The van der Waals surface area contributed by atoms with Crippen LogP contribution in [0.3, 0.4) is 0 Å². The Bertz CT molecular complexity index is 900. The number of hydrogen-bond acceptors (Lipinski definition) is 5. The highest BCUT2D eigenvalue weighted by Crippen LogP contribution is 2.56. The van der Waals surface area contributed by atoms with Gasteiger partial charge < -0.3 is 20.6 Å². The minimum Gasteiger partial charge on any atom is -0.480 e. The summed E-state index contributed by atoms with van der Waals surface area (Å²) in [5.74, 6) is -2.61. The monoisotopic (exact) mass is 433 g/mol. The topological polar surface area (TPSA) is 116 Å². The average Bonchev–Trinajstić information content (AvgIpc) is 3.09. The number of carboxylic acid groups (broad SMARTS) is 1. The van der Waals surface area contributed by atoms with E-state index < -0.39 is 40.7 Å². The maximum absolute atomic E-state index is 13.3. The second-order valence-electron chi connectivity index (χ2n) is 8.57. The van der Waals surface area contributed by atoms with Crippen LogP contribution >= 0.6 is 11.8 Å². The molecular formula is C21H27N3O5S. The molecule has 0 unspecified atom stereocenters. The number of rotatable bonds is 6. The van der Waals surface area contributed by atoms with Gasteiger partial charge in [-0.2, -0.15) is 0 Å². The normalized spacial score (nSPS) is 23.5. The summed E-state index contributed by atoms with van der Waals surface area (Å²) in [5, 5.41) is 14.0. The molecule has 0 saturated carbocycles. The zero-order chi connectivity index (χ0) is 22.4. The predicted octanol–water partition coefficient (Wildman–Crippen LogP) is 1.77. The van der Waals surface area contributed by atoms with Gasteiger partial charge in [0.25, 0.3) is 5.91 Å². The Labute approximate surface area is 179 Å². The van der Waals surface area contributed by atoms with Crippen LogP contribution < -0.4 is 10.6 Å². The van der Waals surface area contributed by atoms with Crippen molar-refractivity contribution in [3.05, 3.63) is 35.4 Å². The molecule has 1 aromatic rings. The number of carbonyl (C=O) groups is 4. The molecule has 8 nitrogen and oxygen atoms in total. The second-order valence-corrected chi connectivity index (χ2v) is 10.3. The fourth-order valence-corrected chi connectivity index (χ4v) is 5.53. The quantitative estimate of drug-likeness (QED) is 0.630. The van der Waals surface area contributed by atoms with Crippen molar-refractivity contribution in [3.63, 3.8) is 0 Å². The van der Waals surface area contributed by atoms with Crippen molar-refractivity contribution in [2.24, 2.45) is 5.92 Å². The number of carboxylic acids is 1. The lowest BCUT2D eigenvalue weighted by molar-refractivity contribution is -0.142. The van der Waals surface area contributed by atoms with E-state index in [4.69, 9.17) is 5.11 Å². The maximum atomic E-state index is 13.3. The van der Waals surface area contributed by atoms with Crippen molar-refractivity contribution >= 4 is 35.5 Å². The molecule has 1 fully saturated rings. The summed E-state index contributed by atoms with van der Waals surface area (Å²) < 4.78 is -0.565. The van der Waals surface area contributed by atoms with Gasteiger partial charge in [-0.1, -0.05) is 32.0 Å². The molecule has 3 N–H and O–H groups in total. The lowest BCUT2D eigenvalue weighted by atomic mass is 9.98. The molecule has 2 aliphatic rings. The van der Waals surface area contributed by atoms with Crippen molar-refractivity contribution in [2.45, 2.75) is 62.9 Å². The molecule has 2 aliphatic heterocycles. The van der Waals surface area contributed by atoms with Gasteiger partial charge >= 0.3 is 5.97 Å². The lowest BCUT2D eigenvalue weighted by Crippen LogP contribution is -2.59. The molecule has 162 valence electrons. The van der Waals surface area contributed by atoms with E-state index in [2.05, 4.69) is 10.6 Å². The van der Waals surface area contributed by atoms with Crippen LogP contribution in [-0.4, -0.2) is 56.6 Å². The van der Waals surface area contributed by atoms with E-state index in [1.807, 2.05) is 26.0 Å². The van der Waals surface area contributed by atoms with Gasteiger partial charge in [0, 0.05) is 10.3 Å². The van der Waals surface area contributed by atoms with E-state index in [1.54, 1.807) is 42.6 Å². The number of carbonyl (C=O) groups excluding carboxylic acids is 3. The molecule has 9 heteroatoms. The summed E-state index contributed by atoms with van der Waals surface area (Å²) in [6, 6.07) is 4.58. The molecule has 3 rings (SSSR count). The van der Waals surface area contributed by atoms with E-state index >= 15 is 0 Å². The van der Waals surface area contributed by atoms with Gasteiger partial charge in [0.2, 0.25) is 11.8 Å². The third kappa shape index (κ3) is 3.78. The van der Waals surface area contributed by atoms with Crippen molar-refractivity contribution in [1.29, 1.82) is 0 Å². The molecular weight excluding hydrogens is 406 g/mol. The van der Waals surface area contributed by atoms with Crippen LogP contribution in [-0.2, 0) is 14.4 Å². The minimum absolute atomic E-state index is 0.195. The zero-order valence-electron chi connectivity index (χ0n) is 17.6. The van der Waals surface area contributed by atoms with E-state index in [-0.39, 0.29) is 17.2 Å². The number of amides is 3. The first-order valence-corrected chi connectivity index (χ1v) is 10.8. The summed E-state index contributed by atoms with van der Waals surface area (Å²) in [6.45, 7) is 8.72. The maximum Gasteiger partial charge on any atom is 0.325 e. The molecule has 0 radical (unpaired) electrons. The summed E-state index contributed by atoms with van der Waals surface area (Å²) in [7, 11) is 0. The minimum atomic E-state index is -1.16. The Hall–Kier alpha value is -2.55. The largest absolute Gasteiger partial charge is 0.480 e. The van der Waals surface area contributed by atoms with E-state index in [0.717, 1.165) is 5.56 Å². The molecule has 0 aliphatic carbocycles. The fourth-order valence-electron chi connectivity index (χ4n) is 3.94. The first kappa shape index (κ1) is 22.1. The first-order chi connectivity index (χ1) is 14.0. The van der Waals surface area contributed by atoms with Crippen LogP contribution in [0.25, 0.3) is 0 Å². The van der Waals surface area contributed by atoms with Crippen LogP contribution in [0.2, 0.25) is 0 Å². The van der Waals surface area contributed by atoms with Gasteiger partial charge in [-0.15, -0.1) is 11.8 Å². The standard InChI is InChI=1S/C21H27N3O5S/c1-10(2)14(16(25)22-11(3)20(28)29)23-17(26)15-21(4,5)30-19-13-9-7-6-8-12(13)18(27)24(15)19/h6-11,14-15,19H,1-5H3,(H,22,25)(H,23,26)(H,28,29)/t11-,14+,15-,19-/m1/s1. The van der Waals surface area contributed by atoms with Gasteiger partial charge in [0.1, 0.15) is 23.5 Å². The summed E-state index contributed by atoms with van der Waals surface area (Å²) in [6.07, 6.45) is 0. The Morgan fingerprint density at radius 1 is 1.13 bits per heavy atom. The first-order valence-electron chi connectivity index (χ1n) is 9.88. The molecule has 30 heavy (non-hydrogen) atoms. The smallest absolute Gasteiger partial charge is 0.325 e. The molecule has 0 aromatic heterocycles. The molecule has 4 atom stereocenters. The molecule has 1 saturated heterocycles. The van der Waals surface area contributed by atoms with Gasteiger partial charge in [-0.25, -0.2) is 0 Å². The number of nitrogens with one attached hydrogen (secondary N) is 2. The number of thioether (sulfide) groups is 1. The van der Waals surface area contributed by atoms with Crippen LogP contribution in [0.15, 0.2) is 24.3 Å². The molecule has 2 heterocycles. The highest BCUT2D eigenvalue weighted by atomic mass is 32.2. The highest BCUT2D eigenvalue weighted by molar-refractivity contribution is 8.01. The van der Waals surface area contributed by atoms with Gasteiger partial charge in [0.05, 0.1) is 0 Å². The molecule has 3 amide bonds. The van der Waals surface area contributed by atoms with Crippen molar-refractivity contribution in [3.8, 4) is 0 Å². The summed E-state index contributed by atoms with van der Waals surface area (Å²) in [4.78, 5) is 51.6. The van der Waals surface area contributed by atoms with Crippen molar-refractivity contribution in [2.75, 3.05) is 0 Å². The zero-order valence-corrected chi connectivity index (χ0v) is 18.4. The molecule has 0 spiro atoms. The second kappa shape index (κ2) is 7.94. The van der Waals surface area contributed by atoms with E-state index in [0.29, 0.717) is 5.56 Å². The van der Waals surface area contributed by atoms with Crippen LogP contribution in [0.1, 0.15) is 55.9 Å². The number of hydrogen-bond donors (Lipinski definition) is 3.